The molecular formula is C25H25N3O3. The number of ether oxygens (including phenoxy) is 3. The molecule has 0 radical (unpaired) electrons. The molecule has 6 heteroatoms. The first-order valence-electron chi connectivity index (χ1n) is 10.1. The van der Waals surface area contributed by atoms with Crippen LogP contribution in [0.15, 0.2) is 66.7 Å². The Bertz CT molecular complexity index is 1180. The van der Waals surface area contributed by atoms with Crippen LogP contribution in [0.4, 0.5) is 5.82 Å². The van der Waals surface area contributed by atoms with Crippen LogP contribution < -0.4 is 19.5 Å². The van der Waals surface area contributed by atoms with Crippen molar-refractivity contribution in [3.8, 4) is 28.5 Å². The van der Waals surface area contributed by atoms with Crippen LogP contribution in [0.3, 0.4) is 0 Å². The van der Waals surface area contributed by atoms with Gasteiger partial charge in [0.25, 0.3) is 0 Å². The second kappa shape index (κ2) is 9.34. The number of hydrogen-bond acceptors (Lipinski definition) is 6. The van der Waals surface area contributed by atoms with Crippen molar-refractivity contribution >= 4 is 16.6 Å². The summed E-state index contributed by atoms with van der Waals surface area (Å²) in [5.74, 6) is 3.04. The minimum Gasteiger partial charge on any atom is -0.497 e. The normalized spacial score (nSPS) is 10.7. The first kappa shape index (κ1) is 20.5. The summed E-state index contributed by atoms with van der Waals surface area (Å²) in [7, 11) is 4.94. The zero-order valence-electron chi connectivity index (χ0n) is 17.9. The van der Waals surface area contributed by atoms with Gasteiger partial charge in [-0.3, -0.25) is 0 Å². The fraction of sp³-hybridized carbons (Fsp3) is 0.200. The molecule has 0 atom stereocenters. The van der Waals surface area contributed by atoms with Crippen LogP contribution in [0.5, 0.6) is 17.2 Å². The molecule has 0 bridgehead atoms. The molecule has 0 saturated carbocycles. The fourth-order valence-electron chi connectivity index (χ4n) is 3.56. The van der Waals surface area contributed by atoms with Gasteiger partial charge in [-0.1, -0.05) is 30.3 Å². The third-order valence-corrected chi connectivity index (χ3v) is 5.20. The monoisotopic (exact) mass is 415 g/mol. The van der Waals surface area contributed by atoms with Gasteiger partial charge in [0.1, 0.15) is 11.4 Å². The van der Waals surface area contributed by atoms with E-state index in [2.05, 4.69) is 27.6 Å². The van der Waals surface area contributed by atoms with Crippen molar-refractivity contribution in [1.29, 1.82) is 0 Å². The van der Waals surface area contributed by atoms with E-state index < -0.39 is 0 Å². The minimum absolute atomic E-state index is 0.718. The molecule has 1 N–H and O–H groups in total. The molecule has 0 spiro atoms. The Morgan fingerprint density at radius 3 is 2.19 bits per heavy atom. The van der Waals surface area contributed by atoms with Gasteiger partial charge in [-0.25, -0.2) is 0 Å². The number of methoxy groups -OCH3 is 3. The van der Waals surface area contributed by atoms with Crippen LogP contribution in [-0.2, 0) is 6.42 Å². The molecule has 0 fully saturated rings. The van der Waals surface area contributed by atoms with Gasteiger partial charge in [-0.15, -0.1) is 10.2 Å². The summed E-state index contributed by atoms with van der Waals surface area (Å²) >= 11 is 0. The highest BCUT2D eigenvalue weighted by Gasteiger charge is 2.11. The minimum atomic E-state index is 0.718. The molecule has 1 aromatic heterocycles. The fourth-order valence-corrected chi connectivity index (χ4v) is 3.56. The average Bonchev–Trinajstić information content (AvgIpc) is 2.84. The lowest BCUT2D eigenvalue weighted by atomic mass is 10.0. The maximum Gasteiger partial charge on any atom is 0.160 e. The number of nitrogens with zero attached hydrogens (tertiary/aromatic N) is 2. The van der Waals surface area contributed by atoms with Gasteiger partial charge < -0.3 is 19.5 Å². The second-order valence-corrected chi connectivity index (χ2v) is 7.04. The van der Waals surface area contributed by atoms with E-state index >= 15 is 0 Å². The Balaban J connectivity index is 1.55. The van der Waals surface area contributed by atoms with E-state index in [1.807, 2.05) is 54.6 Å². The molecule has 0 saturated heterocycles. The Hall–Kier alpha value is -3.80. The molecule has 1 heterocycles. The van der Waals surface area contributed by atoms with Crippen molar-refractivity contribution in [3.05, 3.63) is 72.3 Å². The summed E-state index contributed by atoms with van der Waals surface area (Å²) < 4.78 is 16.0. The summed E-state index contributed by atoms with van der Waals surface area (Å²) in [4.78, 5) is 0. The van der Waals surface area contributed by atoms with Gasteiger partial charge in [-0.2, -0.15) is 0 Å². The maximum absolute atomic E-state index is 5.39. The number of aromatic nitrogens is 2. The Morgan fingerprint density at radius 1 is 0.742 bits per heavy atom. The number of rotatable bonds is 8. The quantitative estimate of drug-likeness (QED) is 0.438. The number of nitrogens with one attached hydrogen (secondary N) is 1. The first-order chi connectivity index (χ1) is 15.2. The highest BCUT2D eigenvalue weighted by molar-refractivity contribution is 6.00. The predicted molar refractivity (Wildman–Crippen MR) is 123 cm³/mol. The van der Waals surface area contributed by atoms with Gasteiger partial charge in [0.15, 0.2) is 17.3 Å². The lowest BCUT2D eigenvalue weighted by molar-refractivity contribution is 0.354. The molecular weight excluding hydrogens is 390 g/mol. The Labute approximate surface area is 181 Å². The topological polar surface area (TPSA) is 65.5 Å². The zero-order valence-corrected chi connectivity index (χ0v) is 17.9. The van der Waals surface area contributed by atoms with E-state index in [-0.39, 0.29) is 0 Å². The van der Waals surface area contributed by atoms with Crippen LogP contribution in [0.2, 0.25) is 0 Å². The lowest BCUT2D eigenvalue weighted by Gasteiger charge is -2.12. The Morgan fingerprint density at radius 2 is 1.48 bits per heavy atom. The van der Waals surface area contributed by atoms with Crippen LogP contribution >= 0.6 is 0 Å². The van der Waals surface area contributed by atoms with Crippen molar-refractivity contribution in [2.45, 2.75) is 6.42 Å². The second-order valence-electron chi connectivity index (χ2n) is 7.04. The molecule has 6 nitrogen and oxygen atoms in total. The highest BCUT2D eigenvalue weighted by Crippen LogP contribution is 2.31. The van der Waals surface area contributed by atoms with Crippen LogP contribution in [0, 0.1) is 0 Å². The van der Waals surface area contributed by atoms with Crippen molar-refractivity contribution in [3.63, 3.8) is 0 Å². The van der Waals surface area contributed by atoms with Gasteiger partial charge in [0, 0.05) is 22.9 Å². The molecule has 0 amide bonds. The van der Waals surface area contributed by atoms with Crippen LogP contribution in [0.25, 0.3) is 22.0 Å². The molecule has 31 heavy (non-hydrogen) atoms. The molecule has 4 aromatic rings. The van der Waals surface area contributed by atoms with Crippen LogP contribution in [-0.4, -0.2) is 38.1 Å². The number of benzene rings is 3. The summed E-state index contributed by atoms with van der Waals surface area (Å²) in [6.07, 6.45) is 0.816. The molecule has 158 valence electrons. The summed E-state index contributed by atoms with van der Waals surface area (Å²) in [5.41, 5.74) is 3.00. The van der Waals surface area contributed by atoms with E-state index in [1.54, 1.807) is 21.3 Å². The number of anilines is 1. The molecule has 0 unspecified atom stereocenters. The third-order valence-electron chi connectivity index (χ3n) is 5.20. The Kier molecular flexibility index (Phi) is 6.17. The largest absolute Gasteiger partial charge is 0.497 e. The molecule has 3 aromatic carbocycles. The van der Waals surface area contributed by atoms with Crippen molar-refractivity contribution in [2.75, 3.05) is 33.2 Å². The molecule has 0 aliphatic rings. The van der Waals surface area contributed by atoms with E-state index in [0.29, 0.717) is 0 Å². The maximum atomic E-state index is 5.39. The van der Waals surface area contributed by atoms with Gasteiger partial charge in [0.2, 0.25) is 0 Å². The predicted octanol–water partition coefficient (Wildman–Crippen LogP) is 4.98. The lowest BCUT2D eigenvalue weighted by Crippen LogP contribution is -2.08. The zero-order chi connectivity index (χ0) is 21.6. The number of hydrogen-bond donors (Lipinski definition) is 1. The summed E-state index contributed by atoms with van der Waals surface area (Å²) in [6, 6.07) is 22.0. The van der Waals surface area contributed by atoms with E-state index in [0.717, 1.165) is 63.6 Å². The van der Waals surface area contributed by atoms with E-state index in [4.69, 9.17) is 14.2 Å². The summed E-state index contributed by atoms with van der Waals surface area (Å²) in [5, 5.41) is 14.5. The first-order valence-corrected chi connectivity index (χ1v) is 10.1. The third kappa shape index (κ3) is 4.38. The summed E-state index contributed by atoms with van der Waals surface area (Å²) in [6.45, 7) is 0.718. The SMILES string of the molecule is COc1ccc(-c2nnc(NCCc3ccc(OC)c(OC)c3)c3ccccc23)cc1. The molecule has 0 aliphatic heterocycles. The highest BCUT2D eigenvalue weighted by atomic mass is 16.5. The van der Waals surface area contributed by atoms with Gasteiger partial charge in [0.05, 0.1) is 21.3 Å². The van der Waals surface area contributed by atoms with E-state index in [1.165, 1.54) is 0 Å². The van der Waals surface area contributed by atoms with Crippen molar-refractivity contribution in [2.24, 2.45) is 0 Å². The number of fused-ring (bicyclic) bond motifs is 1. The smallest absolute Gasteiger partial charge is 0.160 e. The molecule has 4 rings (SSSR count). The van der Waals surface area contributed by atoms with E-state index in [9.17, 15) is 0 Å². The standard InChI is InChI=1S/C25H25N3O3/c1-29-19-11-9-18(10-12-19)24-20-6-4-5-7-21(20)25(28-27-24)26-15-14-17-8-13-22(30-2)23(16-17)31-3/h4-13,16H,14-15H2,1-3H3,(H,26,28). The van der Waals surface area contributed by atoms with Crippen LogP contribution in [0.1, 0.15) is 5.56 Å². The van der Waals surface area contributed by atoms with Gasteiger partial charge >= 0.3 is 0 Å². The van der Waals surface area contributed by atoms with Gasteiger partial charge in [-0.05, 0) is 48.4 Å². The molecule has 0 aliphatic carbocycles. The average molecular weight is 415 g/mol. The van der Waals surface area contributed by atoms with Crippen molar-refractivity contribution in [1.82, 2.24) is 10.2 Å². The van der Waals surface area contributed by atoms with Crippen molar-refractivity contribution < 1.29 is 14.2 Å².